The Morgan fingerprint density at radius 1 is 1.28 bits per heavy atom. The van der Waals surface area contributed by atoms with E-state index < -0.39 is 5.60 Å². The summed E-state index contributed by atoms with van der Waals surface area (Å²) in [5, 5.41) is 17.7. The van der Waals surface area contributed by atoms with Crippen molar-refractivity contribution in [2.45, 2.75) is 25.0 Å². The maximum absolute atomic E-state index is 12.1. The molecule has 7 nitrogen and oxygen atoms in total. The van der Waals surface area contributed by atoms with Gasteiger partial charge in [0, 0.05) is 26.2 Å². The van der Waals surface area contributed by atoms with Gasteiger partial charge in [-0.05, 0) is 48.2 Å². The standard InChI is InChI=1S/C22H24N4O3/c1-26(2)21(27)16-11-22(28,12-16)17-5-3-4-15(10-17)14-29-18-6-7-19(23-13-18)20-8-9-24-25-20/h3-10,13,16,28H,11-12,14H2,1-2H3,(H,24,25). The van der Waals surface area contributed by atoms with Crippen LogP contribution < -0.4 is 4.74 Å². The molecule has 1 aliphatic carbocycles. The monoisotopic (exact) mass is 392 g/mol. The second kappa shape index (κ2) is 7.67. The highest BCUT2D eigenvalue weighted by Crippen LogP contribution is 2.46. The normalized spacial score (nSPS) is 20.7. The zero-order valence-electron chi connectivity index (χ0n) is 16.5. The molecule has 1 aliphatic rings. The van der Waals surface area contributed by atoms with Crippen LogP contribution in [-0.4, -0.2) is 45.2 Å². The number of ether oxygens (including phenoxy) is 1. The Hall–Kier alpha value is -3.19. The van der Waals surface area contributed by atoms with E-state index in [1.807, 2.05) is 42.5 Å². The quantitative estimate of drug-likeness (QED) is 0.673. The van der Waals surface area contributed by atoms with Gasteiger partial charge in [0.25, 0.3) is 0 Å². The molecule has 2 aromatic heterocycles. The molecule has 2 heterocycles. The third-order valence-corrected chi connectivity index (χ3v) is 5.34. The predicted octanol–water partition coefficient (Wildman–Crippen LogP) is 2.74. The number of amides is 1. The Morgan fingerprint density at radius 2 is 2.10 bits per heavy atom. The first-order chi connectivity index (χ1) is 13.9. The molecule has 150 valence electrons. The van der Waals surface area contributed by atoms with Crippen LogP contribution in [0.2, 0.25) is 0 Å². The van der Waals surface area contributed by atoms with Gasteiger partial charge in [0.2, 0.25) is 5.91 Å². The van der Waals surface area contributed by atoms with Crippen molar-refractivity contribution >= 4 is 5.91 Å². The second-order valence-corrected chi connectivity index (χ2v) is 7.71. The van der Waals surface area contributed by atoms with Crippen LogP contribution in [0, 0.1) is 5.92 Å². The van der Waals surface area contributed by atoms with Gasteiger partial charge in [0.05, 0.1) is 23.2 Å². The summed E-state index contributed by atoms with van der Waals surface area (Å²) in [6.07, 6.45) is 4.26. The molecule has 1 saturated carbocycles. The molecule has 4 rings (SSSR count). The van der Waals surface area contributed by atoms with Crippen molar-refractivity contribution in [1.82, 2.24) is 20.1 Å². The summed E-state index contributed by atoms with van der Waals surface area (Å²) in [6.45, 7) is 0.370. The van der Waals surface area contributed by atoms with Crippen LogP contribution in [0.15, 0.2) is 54.9 Å². The number of rotatable bonds is 6. The molecule has 29 heavy (non-hydrogen) atoms. The Labute approximate surface area is 169 Å². The first-order valence-electron chi connectivity index (χ1n) is 9.56. The molecule has 3 aromatic rings. The van der Waals surface area contributed by atoms with E-state index in [9.17, 15) is 9.90 Å². The number of hydrogen-bond acceptors (Lipinski definition) is 5. The SMILES string of the molecule is CN(C)C(=O)C1CC(O)(c2cccc(COc3ccc(-c4ccn[nH]4)nc3)c2)C1. The van der Waals surface area contributed by atoms with Crippen molar-refractivity contribution in [3.05, 3.63) is 66.0 Å². The van der Waals surface area contributed by atoms with Crippen LogP contribution in [0.4, 0.5) is 0 Å². The number of nitrogens with one attached hydrogen (secondary N) is 1. The number of pyridine rings is 1. The van der Waals surface area contributed by atoms with Crippen molar-refractivity contribution < 1.29 is 14.6 Å². The number of hydrogen-bond donors (Lipinski definition) is 2. The van der Waals surface area contributed by atoms with Gasteiger partial charge in [-0.1, -0.05) is 18.2 Å². The molecule has 0 aliphatic heterocycles. The topological polar surface area (TPSA) is 91.3 Å². The molecule has 2 N–H and O–H groups in total. The maximum Gasteiger partial charge on any atom is 0.225 e. The highest BCUT2D eigenvalue weighted by Gasteiger charge is 2.47. The van der Waals surface area contributed by atoms with Gasteiger partial charge in [-0.3, -0.25) is 14.9 Å². The van der Waals surface area contributed by atoms with E-state index in [0.717, 1.165) is 22.5 Å². The fraction of sp³-hybridized carbons (Fsp3) is 0.318. The summed E-state index contributed by atoms with van der Waals surface area (Å²) in [5.74, 6) is 0.618. The van der Waals surface area contributed by atoms with E-state index >= 15 is 0 Å². The van der Waals surface area contributed by atoms with E-state index in [0.29, 0.717) is 25.2 Å². The molecule has 0 unspecified atom stereocenters. The Bertz CT molecular complexity index is 978. The average Bonchev–Trinajstić information content (AvgIpc) is 3.25. The lowest BCUT2D eigenvalue weighted by molar-refractivity contribution is -0.150. The first kappa shape index (κ1) is 19.1. The fourth-order valence-electron chi connectivity index (χ4n) is 3.67. The lowest BCUT2D eigenvalue weighted by Gasteiger charge is -2.44. The minimum absolute atomic E-state index is 0.0697. The number of aliphatic hydroxyl groups is 1. The minimum atomic E-state index is -0.945. The highest BCUT2D eigenvalue weighted by atomic mass is 16.5. The van der Waals surface area contributed by atoms with E-state index in [1.165, 1.54) is 0 Å². The van der Waals surface area contributed by atoms with Crippen molar-refractivity contribution in [2.75, 3.05) is 14.1 Å². The Balaban J connectivity index is 1.38. The molecule has 1 aromatic carbocycles. The summed E-state index contributed by atoms with van der Waals surface area (Å²) >= 11 is 0. The number of aromatic amines is 1. The van der Waals surface area contributed by atoms with Crippen LogP contribution in [0.5, 0.6) is 5.75 Å². The Morgan fingerprint density at radius 3 is 2.76 bits per heavy atom. The average molecular weight is 392 g/mol. The zero-order chi connectivity index (χ0) is 20.4. The van der Waals surface area contributed by atoms with Gasteiger partial charge in [-0.25, -0.2) is 0 Å². The van der Waals surface area contributed by atoms with Crippen molar-refractivity contribution in [1.29, 1.82) is 0 Å². The van der Waals surface area contributed by atoms with Crippen LogP contribution in [-0.2, 0) is 17.0 Å². The number of carbonyl (C=O) groups excluding carboxylic acids is 1. The molecule has 1 amide bonds. The minimum Gasteiger partial charge on any atom is -0.487 e. The van der Waals surface area contributed by atoms with Gasteiger partial charge >= 0.3 is 0 Å². The number of benzene rings is 1. The van der Waals surface area contributed by atoms with Gasteiger partial charge < -0.3 is 14.7 Å². The van der Waals surface area contributed by atoms with Crippen molar-refractivity contribution in [3.63, 3.8) is 0 Å². The molecule has 0 bridgehead atoms. The van der Waals surface area contributed by atoms with E-state index in [4.69, 9.17) is 4.74 Å². The van der Waals surface area contributed by atoms with E-state index in [1.54, 1.807) is 31.4 Å². The van der Waals surface area contributed by atoms with Gasteiger partial charge in [0.1, 0.15) is 12.4 Å². The van der Waals surface area contributed by atoms with Crippen molar-refractivity contribution in [2.24, 2.45) is 5.92 Å². The molecule has 0 radical (unpaired) electrons. The largest absolute Gasteiger partial charge is 0.487 e. The van der Waals surface area contributed by atoms with Crippen LogP contribution in [0.25, 0.3) is 11.4 Å². The smallest absolute Gasteiger partial charge is 0.225 e. The number of H-pyrrole nitrogens is 1. The van der Waals surface area contributed by atoms with Crippen LogP contribution in [0.1, 0.15) is 24.0 Å². The number of carbonyl (C=O) groups is 1. The second-order valence-electron chi connectivity index (χ2n) is 7.71. The zero-order valence-corrected chi connectivity index (χ0v) is 16.5. The number of nitrogens with zero attached hydrogens (tertiary/aromatic N) is 3. The molecule has 0 spiro atoms. The molecule has 0 atom stereocenters. The lowest BCUT2D eigenvalue weighted by Crippen LogP contribution is -2.47. The fourth-order valence-corrected chi connectivity index (χ4v) is 3.67. The summed E-state index contributed by atoms with van der Waals surface area (Å²) in [7, 11) is 3.49. The third kappa shape index (κ3) is 4.00. The van der Waals surface area contributed by atoms with Crippen LogP contribution in [0.3, 0.4) is 0 Å². The molecule has 7 heteroatoms. The number of aromatic nitrogens is 3. The Kier molecular flexibility index (Phi) is 5.07. The summed E-state index contributed by atoms with van der Waals surface area (Å²) in [6, 6.07) is 13.3. The predicted molar refractivity (Wildman–Crippen MR) is 108 cm³/mol. The molecule has 1 fully saturated rings. The summed E-state index contributed by atoms with van der Waals surface area (Å²) in [4.78, 5) is 18.0. The molecular weight excluding hydrogens is 368 g/mol. The molecular formula is C22H24N4O3. The van der Waals surface area contributed by atoms with E-state index in [2.05, 4.69) is 15.2 Å². The van der Waals surface area contributed by atoms with E-state index in [-0.39, 0.29) is 11.8 Å². The van der Waals surface area contributed by atoms with Gasteiger partial charge in [-0.2, -0.15) is 5.10 Å². The van der Waals surface area contributed by atoms with Gasteiger partial charge in [0.15, 0.2) is 0 Å². The van der Waals surface area contributed by atoms with Crippen LogP contribution >= 0.6 is 0 Å². The maximum atomic E-state index is 12.1. The highest BCUT2D eigenvalue weighted by molar-refractivity contribution is 5.79. The summed E-state index contributed by atoms with van der Waals surface area (Å²) < 4.78 is 5.84. The van der Waals surface area contributed by atoms with Gasteiger partial charge in [-0.15, -0.1) is 0 Å². The molecule has 0 saturated heterocycles. The lowest BCUT2D eigenvalue weighted by atomic mass is 9.66. The van der Waals surface area contributed by atoms with Crippen molar-refractivity contribution in [3.8, 4) is 17.1 Å². The first-order valence-corrected chi connectivity index (χ1v) is 9.56. The third-order valence-electron chi connectivity index (χ3n) is 5.34. The summed E-state index contributed by atoms with van der Waals surface area (Å²) in [5.41, 5.74) is 2.49.